The molecule has 1 aliphatic heterocycles. The molecule has 0 spiro atoms. The van der Waals surface area contributed by atoms with Crippen LogP contribution in [0.3, 0.4) is 0 Å². The molecule has 82 valence electrons. The van der Waals surface area contributed by atoms with Gasteiger partial charge in [0.2, 0.25) is 0 Å². The fourth-order valence-corrected chi connectivity index (χ4v) is 1.57. The molecule has 1 saturated heterocycles. The predicted molar refractivity (Wildman–Crippen MR) is 54.0 cm³/mol. The molecule has 0 N–H and O–H groups in total. The minimum atomic E-state index is -0.0687. The normalized spacial score (nSPS) is 21.9. The maximum absolute atomic E-state index is 11.5. The number of esters is 1. The Morgan fingerprint density at radius 2 is 2.36 bits per heavy atom. The summed E-state index contributed by atoms with van der Waals surface area (Å²) in [5, 5.41) is 0. The second kappa shape index (κ2) is 6.82. The minimum Gasteiger partial charge on any atom is -0.465 e. The molecule has 0 aromatic rings. The zero-order valence-corrected chi connectivity index (χ0v) is 8.96. The van der Waals surface area contributed by atoms with Crippen LogP contribution in [0.1, 0.15) is 39.0 Å². The van der Waals surface area contributed by atoms with Crippen LogP contribution in [0.4, 0.5) is 0 Å². The predicted octanol–water partition coefficient (Wildman–Crippen LogP) is 2.15. The van der Waals surface area contributed by atoms with Crippen LogP contribution in [0, 0.1) is 5.92 Å². The Hall–Kier alpha value is -0.570. The Morgan fingerprint density at radius 3 is 3.00 bits per heavy atom. The lowest BCUT2D eigenvalue weighted by molar-refractivity contribution is -0.153. The third-order valence-corrected chi connectivity index (χ3v) is 2.49. The van der Waals surface area contributed by atoms with Gasteiger partial charge in [0, 0.05) is 6.61 Å². The van der Waals surface area contributed by atoms with E-state index in [0.717, 1.165) is 38.7 Å². The average Bonchev–Trinajstić information content (AvgIpc) is 2.25. The molecule has 0 bridgehead atoms. The van der Waals surface area contributed by atoms with Crippen LogP contribution < -0.4 is 0 Å². The molecule has 0 saturated carbocycles. The van der Waals surface area contributed by atoms with Crippen molar-refractivity contribution in [3.05, 3.63) is 0 Å². The summed E-state index contributed by atoms with van der Waals surface area (Å²) in [4.78, 5) is 11.5. The van der Waals surface area contributed by atoms with Gasteiger partial charge in [-0.25, -0.2) is 0 Å². The Labute approximate surface area is 85.8 Å². The Balaban J connectivity index is 2.07. The molecule has 0 aliphatic carbocycles. The molecule has 1 unspecified atom stereocenters. The van der Waals surface area contributed by atoms with Crippen LogP contribution >= 0.6 is 0 Å². The Bertz CT molecular complexity index is 162. The maximum Gasteiger partial charge on any atom is 0.311 e. The van der Waals surface area contributed by atoms with E-state index < -0.39 is 0 Å². The van der Waals surface area contributed by atoms with Crippen molar-refractivity contribution in [1.82, 2.24) is 0 Å². The van der Waals surface area contributed by atoms with E-state index in [1.807, 2.05) is 0 Å². The van der Waals surface area contributed by atoms with Crippen LogP contribution in [-0.2, 0) is 14.3 Å². The van der Waals surface area contributed by atoms with Crippen molar-refractivity contribution in [2.75, 3.05) is 19.8 Å². The van der Waals surface area contributed by atoms with E-state index in [2.05, 4.69) is 6.92 Å². The second-order valence-electron chi connectivity index (χ2n) is 3.79. The van der Waals surface area contributed by atoms with Crippen molar-refractivity contribution in [3.8, 4) is 0 Å². The third-order valence-electron chi connectivity index (χ3n) is 2.49. The van der Waals surface area contributed by atoms with E-state index in [1.165, 1.54) is 0 Å². The number of carbonyl (C=O) groups excluding carboxylic acids is 1. The van der Waals surface area contributed by atoms with Crippen molar-refractivity contribution in [2.24, 2.45) is 5.92 Å². The summed E-state index contributed by atoms with van der Waals surface area (Å²) in [6, 6.07) is 0. The van der Waals surface area contributed by atoms with Gasteiger partial charge in [0.25, 0.3) is 0 Å². The summed E-state index contributed by atoms with van der Waals surface area (Å²) in [5.41, 5.74) is 0. The Morgan fingerprint density at radius 1 is 1.50 bits per heavy atom. The zero-order chi connectivity index (χ0) is 10.2. The molecule has 1 heterocycles. The highest BCUT2D eigenvalue weighted by atomic mass is 16.5. The van der Waals surface area contributed by atoms with Gasteiger partial charge in [-0.3, -0.25) is 4.79 Å². The lowest BCUT2D eigenvalue weighted by Gasteiger charge is -2.20. The largest absolute Gasteiger partial charge is 0.465 e. The van der Waals surface area contributed by atoms with Crippen LogP contribution in [-0.4, -0.2) is 25.8 Å². The molecule has 0 amide bonds. The van der Waals surface area contributed by atoms with Crippen LogP contribution in [0.25, 0.3) is 0 Å². The van der Waals surface area contributed by atoms with E-state index in [0.29, 0.717) is 13.2 Å². The second-order valence-corrected chi connectivity index (χ2v) is 3.79. The fourth-order valence-electron chi connectivity index (χ4n) is 1.57. The number of ether oxygens (including phenoxy) is 2. The summed E-state index contributed by atoms with van der Waals surface area (Å²) in [6.07, 6.45) is 5.18. The van der Waals surface area contributed by atoms with Gasteiger partial charge in [-0.05, 0) is 19.3 Å². The number of hydrogen-bond donors (Lipinski definition) is 0. The van der Waals surface area contributed by atoms with Crippen LogP contribution in [0.2, 0.25) is 0 Å². The van der Waals surface area contributed by atoms with Gasteiger partial charge < -0.3 is 9.47 Å². The van der Waals surface area contributed by atoms with Crippen molar-refractivity contribution in [1.29, 1.82) is 0 Å². The van der Waals surface area contributed by atoms with Gasteiger partial charge in [0.15, 0.2) is 0 Å². The van der Waals surface area contributed by atoms with Crippen molar-refractivity contribution in [3.63, 3.8) is 0 Å². The summed E-state index contributed by atoms with van der Waals surface area (Å²) in [6.45, 7) is 4.05. The van der Waals surface area contributed by atoms with Gasteiger partial charge in [0.1, 0.15) is 0 Å². The topological polar surface area (TPSA) is 35.5 Å². The quantitative estimate of drug-likeness (QED) is 0.504. The molecule has 1 rings (SSSR count). The van der Waals surface area contributed by atoms with E-state index in [1.54, 1.807) is 0 Å². The van der Waals surface area contributed by atoms with Crippen molar-refractivity contribution >= 4 is 5.97 Å². The maximum atomic E-state index is 11.5. The van der Waals surface area contributed by atoms with E-state index in [4.69, 9.17) is 9.47 Å². The molecule has 3 heteroatoms. The first kappa shape index (κ1) is 11.5. The number of hydrogen-bond acceptors (Lipinski definition) is 3. The monoisotopic (exact) mass is 200 g/mol. The van der Waals surface area contributed by atoms with E-state index in [9.17, 15) is 4.79 Å². The van der Waals surface area contributed by atoms with Gasteiger partial charge >= 0.3 is 5.97 Å². The lowest BCUT2D eigenvalue weighted by atomic mass is 10.0. The molecule has 1 fully saturated rings. The molecule has 1 aliphatic rings. The molecule has 0 aromatic heterocycles. The standard InChI is InChI=1S/C11H20O3/c1-2-3-4-8-14-11(12)10-6-5-7-13-9-10/h10H,2-9H2,1H3. The number of carbonyl (C=O) groups is 1. The molecule has 1 atom stereocenters. The zero-order valence-electron chi connectivity index (χ0n) is 8.96. The van der Waals surface area contributed by atoms with Crippen molar-refractivity contribution in [2.45, 2.75) is 39.0 Å². The van der Waals surface area contributed by atoms with Crippen LogP contribution in [0.15, 0.2) is 0 Å². The van der Waals surface area contributed by atoms with Gasteiger partial charge in [-0.15, -0.1) is 0 Å². The fraction of sp³-hybridized carbons (Fsp3) is 0.909. The first-order valence-corrected chi connectivity index (χ1v) is 5.59. The third kappa shape index (κ3) is 4.09. The minimum absolute atomic E-state index is 0.00891. The highest BCUT2D eigenvalue weighted by Gasteiger charge is 2.22. The average molecular weight is 200 g/mol. The first-order chi connectivity index (χ1) is 6.84. The molecule has 14 heavy (non-hydrogen) atoms. The Kier molecular flexibility index (Phi) is 5.60. The van der Waals surface area contributed by atoms with E-state index in [-0.39, 0.29) is 11.9 Å². The number of unbranched alkanes of at least 4 members (excludes halogenated alkanes) is 2. The van der Waals surface area contributed by atoms with Gasteiger partial charge in [-0.2, -0.15) is 0 Å². The molecule has 3 nitrogen and oxygen atoms in total. The molecule has 0 aromatic carbocycles. The summed E-state index contributed by atoms with van der Waals surface area (Å²) in [5.74, 6) is -0.0776. The summed E-state index contributed by atoms with van der Waals surface area (Å²) in [7, 11) is 0. The summed E-state index contributed by atoms with van der Waals surface area (Å²) < 4.78 is 10.4. The van der Waals surface area contributed by atoms with Gasteiger partial charge in [-0.1, -0.05) is 19.8 Å². The van der Waals surface area contributed by atoms with Crippen LogP contribution in [0.5, 0.6) is 0 Å². The molecular weight excluding hydrogens is 180 g/mol. The lowest BCUT2D eigenvalue weighted by Crippen LogP contribution is -2.27. The highest BCUT2D eigenvalue weighted by Crippen LogP contribution is 2.15. The summed E-state index contributed by atoms with van der Waals surface area (Å²) >= 11 is 0. The molecular formula is C11H20O3. The molecule has 0 radical (unpaired) electrons. The number of rotatable bonds is 5. The first-order valence-electron chi connectivity index (χ1n) is 5.59. The van der Waals surface area contributed by atoms with E-state index >= 15 is 0 Å². The smallest absolute Gasteiger partial charge is 0.311 e. The van der Waals surface area contributed by atoms with Crippen molar-refractivity contribution < 1.29 is 14.3 Å². The SMILES string of the molecule is CCCCCOC(=O)C1CCCOC1. The highest BCUT2D eigenvalue weighted by molar-refractivity contribution is 5.72. The van der Waals surface area contributed by atoms with Gasteiger partial charge in [0.05, 0.1) is 19.1 Å².